The van der Waals surface area contributed by atoms with Gasteiger partial charge in [-0.3, -0.25) is 9.59 Å². The Bertz CT molecular complexity index is 485. The van der Waals surface area contributed by atoms with Gasteiger partial charge in [-0.1, -0.05) is 17.7 Å². The van der Waals surface area contributed by atoms with Crippen molar-refractivity contribution in [2.45, 2.75) is 19.9 Å². The van der Waals surface area contributed by atoms with E-state index in [9.17, 15) is 9.59 Å². The summed E-state index contributed by atoms with van der Waals surface area (Å²) in [5, 5.41) is 5.79. The second kappa shape index (κ2) is 3.79. The molecule has 0 saturated heterocycles. The highest BCUT2D eigenvalue weighted by Crippen LogP contribution is 2.38. The van der Waals surface area contributed by atoms with Gasteiger partial charge in [0.15, 0.2) is 0 Å². The van der Waals surface area contributed by atoms with Gasteiger partial charge in [-0.2, -0.15) is 0 Å². The number of fused-ring (bicyclic) bond motifs is 1. The van der Waals surface area contributed by atoms with Crippen LogP contribution in [-0.4, -0.2) is 11.8 Å². The quantitative estimate of drug-likeness (QED) is 0.784. The highest BCUT2D eigenvalue weighted by atomic mass is 35.5. The van der Waals surface area contributed by atoms with Crippen LogP contribution in [0.5, 0.6) is 0 Å². The van der Waals surface area contributed by atoms with Crippen LogP contribution in [0.25, 0.3) is 0 Å². The topological polar surface area (TPSA) is 58.2 Å². The average molecular weight is 239 g/mol. The molecule has 1 aliphatic heterocycles. The molecule has 2 rings (SSSR count). The number of carbonyl (C=O) groups is 2. The summed E-state index contributed by atoms with van der Waals surface area (Å²) in [6.07, 6.45) is 0. The van der Waals surface area contributed by atoms with Gasteiger partial charge < -0.3 is 10.6 Å². The summed E-state index contributed by atoms with van der Waals surface area (Å²) in [5.74, 6) is -0.507. The van der Waals surface area contributed by atoms with Crippen molar-refractivity contribution in [1.82, 2.24) is 5.32 Å². The smallest absolute Gasteiger partial charge is 0.251 e. The van der Waals surface area contributed by atoms with E-state index in [0.29, 0.717) is 16.3 Å². The lowest BCUT2D eigenvalue weighted by atomic mass is 10.0. The summed E-state index contributed by atoms with van der Waals surface area (Å²) in [5.41, 5.74) is 2.29. The van der Waals surface area contributed by atoms with Gasteiger partial charge >= 0.3 is 0 Å². The number of halogens is 1. The van der Waals surface area contributed by atoms with Gasteiger partial charge in [-0.25, -0.2) is 0 Å². The Hall–Kier alpha value is -1.55. The van der Waals surface area contributed by atoms with Crippen molar-refractivity contribution in [1.29, 1.82) is 0 Å². The summed E-state index contributed by atoms with van der Waals surface area (Å²) in [7, 11) is 0. The Labute approximate surface area is 98.0 Å². The first-order valence-electron chi connectivity index (χ1n) is 4.87. The standard InChI is InChI=1S/C11H11ClN2O2/c1-5-3-4-7(12)8-9(5)14-11(16)10(8)13-6(2)15/h3-4,10H,1-2H3,(H,13,15)(H,14,16)/t10-/m1/s1. The third-order valence-corrected chi connectivity index (χ3v) is 2.88. The van der Waals surface area contributed by atoms with Crippen molar-refractivity contribution in [2.75, 3.05) is 5.32 Å². The van der Waals surface area contributed by atoms with E-state index in [4.69, 9.17) is 11.6 Å². The molecule has 1 aromatic carbocycles. The summed E-state index contributed by atoms with van der Waals surface area (Å²) < 4.78 is 0. The fraction of sp³-hybridized carbons (Fsp3) is 0.273. The molecule has 0 bridgehead atoms. The number of aryl methyl sites for hydroxylation is 1. The van der Waals surface area contributed by atoms with Crippen LogP contribution < -0.4 is 10.6 Å². The molecule has 0 spiro atoms. The van der Waals surface area contributed by atoms with Crippen molar-refractivity contribution in [3.05, 3.63) is 28.3 Å². The Morgan fingerprint density at radius 2 is 2.19 bits per heavy atom. The molecule has 16 heavy (non-hydrogen) atoms. The number of nitrogens with one attached hydrogen (secondary N) is 2. The van der Waals surface area contributed by atoms with E-state index >= 15 is 0 Å². The molecule has 2 N–H and O–H groups in total. The lowest BCUT2D eigenvalue weighted by Gasteiger charge is -2.11. The fourth-order valence-electron chi connectivity index (χ4n) is 1.82. The number of anilines is 1. The van der Waals surface area contributed by atoms with E-state index < -0.39 is 6.04 Å². The zero-order valence-corrected chi connectivity index (χ0v) is 9.68. The Balaban J connectivity index is 2.51. The minimum atomic E-state index is -0.681. The lowest BCUT2D eigenvalue weighted by Crippen LogP contribution is -2.31. The summed E-state index contributed by atoms with van der Waals surface area (Å²) in [6.45, 7) is 3.25. The molecule has 1 aromatic rings. The van der Waals surface area contributed by atoms with Crippen LogP contribution in [0, 0.1) is 6.92 Å². The van der Waals surface area contributed by atoms with Crippen LogP contribution in [-0.2, 0) is 9.59 Å². The maximum atomic E-state index is 11.7. The molecule has 0 aliphatic carbocycles. The van der Waals surface area contributed by atoms with Crippen molar-refractivity contribution < 1.29 is 9.59 Å². The first-order chi connectivity index (χ1) is 7.50. The first kappa shape index (κ1) is 11.0. The van der Waals surface area contributed by atoms with E-state index in [-0.39, 0.29) is 11.8 Å². The molecule has 4 nitrogen and oxygen atoms in total. The minimum absolute atomic E-state index is 0.249. The van der Waals surface area contributed by atoms with Crippen molar-refractivity contribution in [2.24, 2.45) is 0 Å². The highest BCUT2D eigenvalue weighted by molar-refractivity contribution is 6.33. The normalized spacial score (nSPS) is 17.9. The number of amides is 2. The Morgan fingerprint density at radius 1 is 1.50 bits per heavy atom. The van der Waals surface area contributed by atoms with Gasteiger partial charge in [0.05, 0.1) is 5.69 Å². The van der Waals surface area contributed by atoms with E-state index in [1.54, 1.807) is 6.07 Å². The van der Waals surface area contributed by atoms with E-state index in [1.165, 1.54) is 6.92 Å². The molecule has 2 amide bonds. The number of benzene rings is 1. The second-order valence-corrected chi connectivity index (χ2v) is 4.18. The molecule has 84 valence electrons. The molecular formula is C11H11ClN2O2. The summed E-state index contributed by atoms with van der Waals surface area (Å²) in [4.78, 5) is 22.7. The Kier molecular flexibility index (Phi) is 2.59. The van der Waals surface area contributed by atoms with Crippen LogP contribution in [0.4, 0.5) is 5.69 Å². The molecular weight excluding hydrogens is 228 g/mol. The van der Waals surface area contributed by atoms with Gasteiger partial charge in [0.25, 0.3) is 5.91 Å². The molecule has 0 saturated carbocycles. The van der Waals surface area contributed by atoms with Gasteiger partial charge in [-0.15, -0.1) is 0 Å². The predicted octanol–water partition coefficient (Wildman–Crippen LogP) is 1.78. The zero-order chi connectivity index (χ0) is 11.9. The third kappa shape index (κ3) is 1.65. The molecule has 0 fully saturated rings. The van der Waals surface area contributed by atoms with Gasteiger partial charge in [0.2, 0.25) is 5.91 Å². The predicted molar refractivity (Wildman–Crippen MR) is 61.4 cm³/mol. The van der Waals surface area contributed by atoms with Crippen molar-refractivity contribution in [3.8, 4) is 0 Å². The van der Waals surface area contributed by atoms with Crippen LogP contribution in [0.15, 0.2) is 12.1 Å². The maximum Gasteiger partial charge on any atom is 0.251 e. The fourth-order valence-corrected chi connectivity index (χ4v) is 2.09. The first-order valence-corrected chi connectivity index (χ1v) is 5.25. The van der Waals surface area contributed by atoms with Gasteiger partial charge in [0.1, 0.15) is 6.04 Å². The zero-order valence-electron chi connectivity index (χ0n) is 8.93. The van der Waals surface area contributed by atoms with Crippen molar-refractivity contribution >= 4 is 29.1 Å². The lowest BCUT2D eigenvalue weighted by molar-refractivity contribution is -0.124. The molecule has 0 radical (unpaired) electrons. The monoisotopic (exact) mass is 238 g/mol. The second-order valence-electron chi connectivity index (χ2n) is 3.78. The van der Waals surface area contributed by atoms with Crippen LogP contribution in [0.3, 0.4) is 0 Å². The molecule has 0 aromatic heterocycles. The molecule has 1 atom stereocenters. The number of hydrogen-bond acceptors (Lipinski definition) is 2. The number of carbonyl (C=O) groups excluding carboxylic acids is 2. The molecule has 1 heterocycles. The summed E-state index contributed by atoms with van der Waals surface area (Å²) in [6, 6.07) is 2.88. The average Bonchev–Trinajstić information content (AvgIpc) is 2.51. The van der Waals surface area contributed by atoms with E-state index in [1.807, 2.05) is 13.0 Å². The summed E-state index contributed by atoms with van der Waals surface area (Å²) >= 11 is 6.04. The van der Waals surface area contributed by atoms with Gasteiger partial charge in [0, 0.05) is 17.5 Å². The molecule has 5 heteroatoms. The SMILES string of the molecule is CC(=O)N[C@H]1C(=O)Nc2c(C)ccc(Cl)c21. The molecule has 1 aliphatic rings. The third-order valence-electron chi connectivity index (χ3n) is 2.55. The van der Waals surface area contributed by atoms with E-state index in [2.05, 4.69) is 10.6 Å². The Morgan fingerprint density at radius 3 is 2.81 bits per heavy atom. The van der Waals surface area contributed by atoms with Crippen molar-refractivity contribution in [3.63, 3.8) is 0 Å². The molecule has 0 unspecified atom stereocenters. The minimum Gasteiger partial charge on any atom is -0.341 e. The van der Waals surface area contributed by atoms with E-state index in [0.717, 1.165) is 5.56 Å². The van der Waals surface area contributed by atoms with Crippen LogP contribution >= 0.6 is 11.6 Å². The maximum absolute atomic E-state index is 11.7. The largest absolute Gasteiger partial charge is 0.341 e. The van der Waals surface area contributed by atoms with Gasteiger partial charge in [-0.05, 0) is 18.6 Å². The highest BCUT2D eigenvalue weighted by Gasteiger charge is 2.34. The van der Waals surface area contributed by atoms with Crippen LogP contribution in [0.1, 0.15) is 24.1 Å². The number of hydrogen-bond donors (Lipinski definition) is 2. The van der Waals surface area contributed by atoms with Crippen LogP contribution in [0.2, 0.25) is 5.02 Å². The number of rotatable bonds is 1.